The molecular weight excluding hydrogens is 428 g/mol. The fourth-order valence-corrected chi connectivity index (χ4v) is 4.28. The molecule has 0 aromatic heterocycles. The summed E-state index contributed by atoms with van der Waals surface area (Å²) in [7, 11) is 1.38. The van der Waals surface area contributed by atoms with Crippen LogP contribution in [0.2, 0.25) is 0 Å². The maximum absolute atomic E-state index is 12.5. The van der Waals surface area contributed by atoms with Crippen molar-refractivity contribution in [2.24, 2.45) is 0 Å². The molecule has 3 aromatic rings. The molecule has 3 aromatic carbocycles. The molecule has 1 aliphatic rings. The zero-order valence-corrected chi connectivity index (χ0v) is 19.5. The van der Waals surface area contributed by atoms with Crippen molar-refractivity contribution >= 4 is 11.7 Å². The van der Waals surface area contributed by atoms with E-state index in [2.05, 4.69) is 11.4 Å². The highest BCUT2D eigenvalue weighted by atomic mass is 16.7. The van der Waals surface area contributed by atoms with Crippen molar-refractivity contribution < 1.29 is 19.0 Å². The number of ether oxygens (including phenoxy) is 3. The first kappa shape index (κ1) is 23.5. The Bertz CT molecular complexity index is 1190. The second-order valence-electron chi connectivity index (χ2n) is 8.18. The summed E-state index contributed by atoms with van der Waals surface area (Å²) >= 11 is 0. The Morgan fingerprint density at radius 1 is 1.06 bits per heavy atom. The Balaban J connectivity index is 1.58. The minimum absolute atomic E-state index is 0.397. The van der Waals surface area contributed by atoms with E-state index in [9.17, 15) is 10.1 Å². The van der Waals surface area contributed by atoms with E-state index >= 15 is 0 Å². The van der Waals surface area contributed by atoms with E-state index in [-0.39, 0.29) is 0 Å². The number of methoxy groups -OCH3 is 1. The summed E-state index contributed by atoms with van der Waals surface area (Å²) in [5.41, 5.74) is 5.71. The molecule has 0 amide bonds. The van der Waals surface area contributed by atoms with E-state index in [1.165, 1.54) is 7.11 Å². The minimum Gasteiger partial charge on any atom is -0.465 e. The number of para-hydroxylation sites is 1. The highest BCUT2D eigenvalue weighted by Crippen LogP contribution is 2.33. The summed E-state index contributed by atoms with van der Waals surface area (Å²) in [6, 6.07) is 23.5. The van der Waals surface area contributed by atoms with Crippen LogP contribution in [0.15, 0.2) is 66.7 Å². The van der Waals surface area contributed by atoms with Crippen molar-refractivity contribution in [2.45, 2.75) is 32.1 Å². The average Bonchev–Trinajstić information content (AvgIpc) is 3.36. The van der Waals surface area contributed by atoms with Gasteiger partial charge in [0.2, 0.25) is 0 Å². The number of carbonyl (C=O) groups is 1. The van der Waals surface area contributed by atoms with E-state index in [1.54, 1.807) is 6.07 Å². The van der Waals surface area contributed by atoms with E-state index in [0.29, 0.717) is 43.7 Å². The van der Waals surface area contributed by atoms with E-state index < -0.39 is 11.8 Å². The van der Waals surface area contributed by atoms with Gasteiger partial charge in [-0.15, -0.1) is 0 Å². The average molecular weight is 457 g/mol. The zero-order valence-electron chi connectivity index (χ0n) is 19.5. The molecule has 0 aliphatic carbocycles. The van der Waals surface area contributed by atoms with E-state index in [4.69, 9.17) is 14.2 Å². The zero-order chi connectivity index (χ0) is 24.0. The first-order valence-electron chi connectivity index (χ1n) is 11.4. The molecule has 1 N–H and O–H groups in total. The van der Waals surface area contributed by atoms with Gasteiger partial charge in [0.25, 0.3) is 0 Å². The summed E-state index contributed by atoms with van der Waals surface area (Å²) in [6.45, 7) is 3.68. The first-order chi connectivity index (χ1) is 16.6. The number of rotatable bonds is 8. The van der Waals surface area contributed by atoms with Crippen molar-refractivity contribution in [3.8, 4) is 17.2 Å². The number of nitriles is 1. The lowest BCUT2D eigenvalue weighted by Crippen LogP contribution is -2.32. The van der Waals surface area contributed by atoms with Crippen LogP contribution < -0.4 is 5.32 Å². The van der Waals surface area contributed by atoms with Crippen molar-refractivity contribution in [2.75, 3.05) is 25.6 Å². The van der Waals surface area contributed by atoms with Crippen molar-refractivity contribution in [3.63, 3.8) is 0 Å². The molecular formula is C28H28N2O4. The number of nitrogens with one attached hydrogen (secondary N) is 1. The standard InChI is InChI=1S/C28H28N2O4/c1-3-28(33-15-16-34-28)17-22-8-6-10-25(27(31)32-2)26(22)30-19-20-11-13-21(14-12-20)24-9-5-4-7-23(24)18-29/h4-14,30H,3,15-17,19H2,1-2H3. The Hall–Kier alpha value is -3.66. The molecule has 1 heterocycles. The topological polar surface area (TPSA) is 80.6 Å². The molecule has 174 valence electrons. The van der Waals surface area contributed by atoms with E-state index in [1.807, 2.05) is 67.6 Å². The number of hydrogen-bond donors (Lipinski definition) is 1. The van der Waals surface area contributed by atoms with Crippen LogP contribution in [0.3, 0.4) is 0 Å². The maximum atomic E-state index is 12.5. The predicted molar refractivity (Wildman–Crippen MR) is 130 cm³/mol. The lowest BCUT2D eigenvalue weighted by atomic mass is 9.97. The van der Waals surface area contributed by atoms with Gasteiger partial charge in [-0.1, -0.05) is 61.5 Å². The first-order valence-corrected chi connectivity index (χ1v) is 11.4. The Morgan fingerprint density at radius 2 is 1.79 bits per heavy atom. The van der Waals surface area contributed by atoms with Crippen molar-refractivity contribution in [1.82, 2.24) is 0 Å². The molecule has 0 saturated carbocycles. The Kier molecular flexibility index (Phi) is 7.27. The number of nitrogens with zero attached hydrogens (tertiary/aromatic N) is 1. The number of anilines is 1. The fourth-order valence-electron chi connectivity index (χ4n) is 4.28. The third-order valence-electron chi connectivity index (χ3n) is 6.15. The molecule has 0 unspecified atom stereocenters. The fraction of sp³-hybridized carbons (Fsp3) is 0.286. The van der Waals surface area contributed by atoms with Crippen LogP contribution in [0.1, 0.15) is 40.4 Å². The van der Waals surface area contributed by atoms with Crippen LogP contribution in [0, 0.1) is 11.3 Å². The summed E-state index contributed by atoms with van der Waals surface area (Å²) in [5, 5.41) is 12.8. The maximum Gasteiger partial charge on any atom is 0.339 e. The molecule has 4 rings (SSSR count). The SMILES string of the molecule is CCC1(Cc2cccc(C(=O)OC)c2NCc2ccc(-c3ccccc3C#N)cc2)OCCO1. The summed E-state index contributed by atoms with van der Waals surface area (Å²) in [5.74, 6) is -1.08. The second kappa shape index (κ2) is 10.5. The largest absolute Gasteiger partial charge is 0.465 e. The van der Waals surface area contributed by atoms with Crippen LogP contribution in [0.4, 0.5) is 5.69 Å². The van der Waals surface area contributed by atoms with Gasteiger partial charge in [-0.3, -0.25) is 0 Å². The normalized spacial score (nSPS) is 14.4. The number of esters is 1. The number of benzene rings is 3. The van der Waals surface area contributed by atoms with Crippen molar-refractivity contribution in [3.05, 3.63) is 89.0 Å². The highest BCUT2D eigenvalue weighted by Gasteiger charge is 2.36. The van der Waals surface area contributed by atoms with Gasteiger partial charge < -0.3 is 19.5 Å². The third kappa shape index (κ3) is 4.96. The smallest absolute Gasteiger partial charge is 0.339 e. The van der Waals surface area contributed by atoms with Gasteiger partial charge in [0.05, 0.1) is 43.2 Å². The van der Waals surface area contributed by atoms with Crippen LogP contribution >= 0.6 is 0 Å². The Labute approximate surface area is 200 Å². The van der Waals surface area contributed by atoms with Crippen LogP contribution in [-0.4, -0.2) is 32.1 Å². The molecule has 6 nitrogen and oxygen atoms in total. The number of hydrogen-bond acceptors (Lipinski definition) is 6. The van der Waals surface area contributed by atoms with Crippen LogP contribution in [0.25, 0.3) is 11.1 Å². The minimum atomic E-state index is -0.680. The van der Waals surface area contributed by atoms with Crippen LogP contribution in [-0.2, 0) is 27.2 Å². The summed E-state index contributed by atoms with van der Waals surface area (Å²) < 4.78 is 16.9. The number of carbonyl (C=O) groups excluding carboxylic acids is 1. The van der Waals surface area contributed by atoms with Gasteiger partial charge in [0.1, 0.15) is 0 Å². The molecule has 0 bridgehead atoms. The molecule has 1 aliphatic heterocycles. The molecule has 34 heavy (non-hydrogen) atoms. The van der Waals surface area contributed by atoms with Crippen LogP contribution in [0.5, 0.6) is 0 Å². The quantitative estimate of drug-likeness (QED) is 0.462. The van der Waals surface area contributed by atoms with Gasteiger partial charge in [-0.25, -0.2) is 4.79 Å². The predicted octanol–water partition coefficient (Wildman–Crippen LogP) is 5.32. The molecule has 6 heteroatoms. The van der Waals surface area contributed by atoms with Crippen molar-refractivity contribution in [1.29, 1.82) is 5.26 Å². The Morgan fingerprint density at radius 3 is 2.47 bits per heavy atom. The lowest BCUT2D eigenvalue weighted by Gasteiger charge is -2.27. The molecule has 0 atom stereocenters. The lowest BCUT2D eigenvalue weighted by molar-refractivity contribution is -0.157. The monoisotopic (exact) mass is 456 g/mol. The molecule has 1 fully saturated rings. The molecule has 0 radical (unpaired) electrons. The van der Waals surface area contributed by atoms with Gasteiger partial charge in [-0.05, 0) is 40.8 Å². The molecule has 1 saturated heterocycles. The van der Waals surface area contributed by atoms with Gasteiger partial charge >= 0.3 is 5.97 Å². The second-order valence-corrected chi connectivity index (χ2v) is 8.18. The van der Waals surface area contributed by atoms with Gasteiger partial charge in [-0.2, -0.15) is 5.26 Å². The highest BCUT2D eigenvalue weighted by molar-refractivity contribution is 5.96. The van der Waals surface area contributed by atoms with Gasteiger partial charge in [0.15, 0.2) is 5.79 Å². The molecule has 0 spiro atoms. The third-order valence-corrected chi connectivity index (χ3v) is 6.15. The summed E-state index contributed by atoms with van der Waals surface area (Å²) in [6.07, 6.45) is 1.24. The summed E-state index contributed by atoms with van der Waals surface area (Å²) in [4.78, 5) is 12.5. The van der Waals surface area contributed by atoms with E-state index in [0.717, 1.165) is 27.9 Å². The van der Waals surface area contributed by atoms with Gasteiger partial charge in [0, 0.05) is 13.0 Å².